The smallest absolute Gasteiger partial charge is 0.305 e. The first-order valence-corrected chi connectivity index (χ1v) is 15.4. The zero-order chi connectivity index (χ0) is 27.4. The summed E-state index contributed by atoms with van der Waals surface area (Å²) in [5, 5.41) is 17.9. The van der Waals surface area contributed by atoms with Crippen LogP contribution in [0.15, 0.2) is 66.7 Å². The molecule has 0 radical (unpaired) electrons. The van der Waals surface area contributed by atoms with Crippen molar-refractivity contribution < 1.29 is 9.90 Å². The standard InChI is InChI=1S/C34H44N4O2/c39-33(40)22-34(16-8-3-9-17-34)38-24-29(31(25-38)27-12-6-2-7-13-27)23-37-18-14-28(15-19-37)32-21-30(35-36-32)20-26-10-4-1-5-11-26/h1-2,4-7,10-13,21,28-29,31H,3,8-9,14-20,22-25H2,(H,35,36)(H,39,40). The largest absolute Gasteiger partial charge is 0.481 e. The minimum Gasteiger partial charge on any atom is -0.481 e. The van der Waals surface area contributed by atoms with E-state index in [9.17, 15) is 9.90 Å². The molecule has 0 spiro atoms. The van der Waals surface area contributed by atoms with E-state index in [2.05, 4.69) is 81.6 Å². The second-order valence-corrected chi connectivity index (χ2v) is 12.6. The highest BCUT2D eigenvalue weighted by atomic mass is 16.4. The number of aromatic amines is 1. The lowest BCUT2D eigenvalue weighted by Gasteiger charge is -2.44. The highest BCUT2D eigenvalue weighted by Gasteiger charge is 2.46. The van der Waals surface area contributed by atoms with Crippen LogP contribution in [0.2, 0.25) is 0 Å². The van der Waals surface area contributed by atoms with E-state index in [-0.39, 0.29) is 12.0 Å². The van der Waals surface area contributed by atoms with Crippen molar-refractivity contribution in [1.29, 1.82) is 0 Å². The van der Waals surface area contributed by atoms with Crippen LogP contribution in [0.5, 0.6) is 0 Å². The molecule has 2 saturated heterocycles. The first-order chi connectivity index (χ1) is 19.6. The third-order valence-corrected chi connectivity index (χ3v) is 9.99. The molecule has 0 amide bonds. The van der Waals surface area contributed by atoms with E-state index < -0.39 is 5.97 Å². The number of carboxylic acid groups (broad SMARTS) is 1. The number of hydrogen-bond donors (Lipinski definition) is 2. The van der Waals surface area contributed by atoms with Crippen LogP contribution < -0.4 is 0 Å². The number of carbonyl (C=O) groups is 1. The summed E-state index contributed by atoms with van der Waals surface area (Å²) in [6.07, 6.45) is 9.05. The van der Waals surface area contributed by atoms with E-state index in [1.54, 1.807) is 0 Å². The number of aliphatic carboxylic acids is 1. The Kier molecular flexibility index (Phi) is 8.35. The van der Waals surface area contributed by atoms with Crippen LogP contribution in [0.3, 0.4) is 0 Å². The van der Waals surface area contributed by atoms with Crippen molar-refractivity contribution in [2.75, 3.05) is 32.7 Å². The van der Waals surface area contributed by atoms with Gasteiger partial charge in [-0.2, -0.15) is 5.10 Å². The monoisotopic (exact) mass is 540 g/mol. The van der Waals surface area contributed by atoms with Crippen LogP contribution in [0.4, 0.5) is 0 Å². The normalized spacial score (nSPS) is 24.3. The summed E-state index contributed by atoms with van der Waals surface area (Å²) >= 11 is 0. The van der Waals surface area contributed by atoms with Gasteiger partial charge in [0.2, 0.25) is 0 Å². The highest BCUT2D eigenvalue weighted by molar-refractivity contribution is 5.68. The minimum atomic E-state index is -0.644. The maximum absolute atomic E-state index is 12.0. The molecule has 1 aromatic heterocycles. The van der Waals surface area contributed by atoms with Crippen molar-refractivity contribution in [3.8, 4) is 0 Å². The van der Waals surface area contributed by atoms with Crippen molar-refractivity contribution in [3.05, 3.63) is 89.2 Å². The number of likely N-dealkylation sites (tertiary alicyclic amines) is 2. The Labute approximate surface area is 238 Å². The topological polar surface area (TPSA) is 72.5 Å². The summed E-state index contributed by atoms with van der Waals surface area (Å²) in [7, 11) is 0. The lowest BCUT2D eigenvalue weighted by molar-refractivity contribution is -0.141. The van der Waals surface area contributed by atoms with Crippen LogP contribution in [-0.2, 0) is 11.2 Å². The zero-order valence-corrected chi connectivity index (χ0v) is 23.7. The molecule has 2 atom stereocenters. The predicted molar refractivity (Wildman–Crippen MR) is 159 cm³/mol. The molecule has 3 aliphatic rings. The minimum absolute atomic E-state index is 0.170. The van der Waals surface area contributed by atoms with Crippen LogP contribution in [0, 0.1) is 5.92 Å². The van der Waals surface area contributed by atoms with E-state index in [0.29, 0.717) is 17.8 Å². The molecule has 3 heterocycles. The van der Waals surface area contributed by atoms with E-state index in [4.69, 9.17) is 5.10 Å². The Balaban J connectivity index is 1.10. The fourth-order valence-electron chi connectivity index (χ4n) is 7.86. The van der Waals surface area contributed by atoms with Crippen molar-refractivity contribution >= 4 is 5.97 Å². The van der Waals surface area contributed by atoms with E-state index in [1.807, 2.05) is 0 Å². The van der Waals surface area contributed by atoms with Crippen molar-refractivity contribution in [1.82, 2.24) is 20.0 Å². The Hall–Kier alpha value is -2.96. The molecule has 2 N–H and O–H groups in total. The number of rotatable bonds is 9. The summed E-state index contributed by atoms with van der Waals surface area (Å²) in [6, 6.07) is 23.8. The van der Waals surface area contributed by atoms with E-state index in [0.717, 1.165) is 77.7 Å². The van der Waals surface area contributed by atoms with Crippen LogP contribution >= 0.6 is 0 Å². The molecule has 212 valence electrons. The maximum atomic E-state index is 12.0. The molecule has 0 bridgehead atoms. The fourth-order valence-corrected chi connectivity index (χ4v) is 7.86. The van der Waals surface area contributed by atoms with Gasteiger partial charge >= 0.3 is 5.97 Å². The maximum Gasteiger partial charge on any atom is 0.305 e. The van der Waals surface area contributed by atoms with Gasteiger partial charge in [-0.25, -0.2) is 0 Å². The summed E-state index contributed by atoms with van der Waals surface area (Å²) in [5.74, 6) is 0.852. The molecule has 40 heavy (non-hydrogen) atoms. The number of benzene rings is 2. The summed E-state index contributed by atoms with van der Waals surface area (Å²) in [4.78, 5) is 17.3. The molecule has 3 aromatic rings. The number of carboxylic acids is 1. The first kappa shape index (κ1) is 27.2. The molecule has 6 rings (SSSR count). The molecule has 2 unspecified atom stereocenters. The van der Waals surface area contributed by atoms with Crippen LogP contribution in [0.1, 0.15) is 85.7 Å². The summed E-state index contributed by atoms with van der Waals surface area (Å²) < 4.78 is 0. The highest BCUT2D eigenvalue weighted by Crippen LogP contribution is 2.44. The van der Waals surface area contributed by atoms with Crippen molar-refractivity contribution in [3.63, 3.8) is 0 Å². The predicted octanol–water partition coefficient (Wildman–Crippen LogP) is 6.07. The second-order valence-electron chi connectivity index (χ2n) is 12.6. The Morgan fingerprint density at radius 2 is 1.65 bits per heavy atom. The number of H-pyrrole nitrogens is 1. The average Bonchev–Trinajstić information content (AvgIpc) is 3.63. The lowest BCUT2D eigenvalue weighted by Crippen LogP contribution is -2.50. The van der Waals surface area contributed by atoms with Gasteiger partial charge in [-0.1, -0.05) is 79.9 Å². The van der Waals surface area contributed by atoms with E-state index in [1.165, 1.54) is 28.9 Å². The molecule has 1 saturated carbocycles. The van der Waals surface area contributed by atoms with Gasteiger partial charge < -0.3 is 10.0 Å². The van der Waals surface area contributed by atoms with Gasteiger partial charge in [-0.15, -0.1) is 0 Å². The van der Waals surface area contributed by atoms with Crippen LogP contribution in [0.25, 0.3) is 0 Å². The molecular weight excluding hydrogens is 496 g/mol. The average molecular weight is 541 g/mol. The molecule has 6 nitrogen and oxygen atoms in total. The quantitative estimate of drug-likeness (QED) is 0.345. The molecule has 2 aliphatic heterocycles. The van der Waals surface area contributed by atoms with Gasteiger partial charge in [-0.3, -0.25) is 14.8 Å². The molecule has 2 aromatic carbocycles. The number of nitrogens with one attached hydrogen (secondary N) is 1. The van der Waals surface area contributed by atoms with Gasteiger partial charge in [0.05, 0.1) is 12.1 Å². The van der Waals surface area contributed by atoms with Crippen molar-refractivity contribution in [2.24, 2.45) is 5.92 Å². The Morgan fingerprint density at radius 1 is 0.950 bits per heavy atom. The van der Waals surface area contributed by atoms with E-state index >= 15 is 0 Å². The molecule has 1 aliphatic carbocycles. The van der Waals surface area contributed by atoms with Gasteiger partial charge in [0.15, 0.2) is 0 Å². The Morgan fingerprint density at radius 3 is 2.35 bits per heavy atom. The van der Waals surface area contributed by atoms with Crippen molar-refractivity contribution in [2.45, 2.75) is 75.2 Å². The summed E-state index contributed by atoms with van der Waals surface area (Å²) in [6.45, 7) is 5.28. The number of aromatic nitrogens is 2. The molecule has 6 heteroatoms. The fraction of sp³-hybridized carbons (Fsp3) is 0.529. The number of piperidine rings is 1. The van der Waals surface area contributed by atoms with Gasteiger partial charge in [0.1, 0.15) is 0 Å². The van der Waals surface area contributed by atoms with Gasteiger partial charge in [0, 0.05) is 49.1 Å². The Bertz CT molecular complexity index is 1230. The first-order valence-electron chi connectivity index (χ1n) is 15.4. The number of hydrogen-bond acceptors (Lipinski definition) is 4. The third kappa shape index (κ3) is 6.18. The lowest BCUT2D eigenvalue weighted by atomic mass is 9.78. The third-order valence-electron chi connectivity index (χ3n) is 9.99. The summed E-state index contributed by atoms with van der Waals surface area (Å²) in [5.41, 5.74) is 4.96. The number of nitrogens with zero attached hydrogens (tertiary/aromatic N) is 3. The van der Waals surface area contributed by atoms with Crippen LogP contribution in [-0.4, -0.2) is 69.3 Å². The SMILES string of the molecule is O=C(O)CC1(N2CC(CN3CCC(c4cc(Cc5ccccc5)[nH]n4)CC3)C(c3ccccc3)C2)CCCCC1. The molecular formula is C34H44N4O2. The second kappa shape index (κ2) is 12.3. The zero-order valence-electron chi connectivity index (χ0n) is 23.7. The van der Waals surface area contributed by atoms with Gasteiger partial charge in [-0.05, 0) is 61.9 Å². The molecule has 3 fully saturated rings. The van der Waals surface area contributed by atoms with Gasteiger partial charge in [0.25, 0.3) is 0 Å².